The maximum absolute atomic E-state index is 13.4. The number of nitrogens with zero attached hydrogens (tertiary/aromatic N) is 1. The van der Waals surface area contributed by atoms with Gasteiger partial charge in [-0.05, 0) is 61.3 Å². The molecule has 0 spiro atoms. The summed E-state index contributed by atoms with van der Waals surface area (Å²) in [5.41, 5.74) is 5.38. The highest BCUT2D eigenvalue weighted by atomic mass is 32.1. The fraction of sp³-hybridized carbons (Fsp3) is 0.357. The number of fused-ring (bicyclic) bond motifs is 2. The third kappa shape index (κ3) is 4.34. The number of H-pyrrole nitrogens is 1. The monoisotopic (exact) mass is 473 g/mol. The van der Waals surface area contributed by atoms with E-state index < -0.39 is 0 Å². The van der Waals surface area contributed by atoms with Crippen LogP contribution in [0, 0.1) is 18.3 Å². The quantitative estimate of drug-likeness (QED) is 0.308. The molecular weight excluding hydrogens is 442 g/mol. The Labute approximate surface area is 204 Å². The van der Waals surface area contributed by atoms with Crippen molar-refractivity contribution in [3.8, 4) is 0 Å². The van der Waals surface area contributed by atoms with Crippen LogP contribution in [0.3, 0.4) is 0 Å². The summed E-state index contributed by atoms with van der Waals surface area (Å²) in [5.74, 6) is 1.26. The van der Waals surface area contributed by atoms with Crippen LogP contribution in [0.2, 0.25) is 0 Å². The lowest BCUT2D eigenvalue weighted by Gasteiger charge is -2.33. The number of hydrogen-bond acceptors (Lipinski definition) is 4. The molecule has 1 aromatic carbocycles. The first-order valence-corrected chi connectivity index (χ1v) is 12.7. The molecule has 3 heterocycles. The van der Waals surface area contributed by atoms with Crippen LogP contribution in [0.25, 0.3) is 10.9 Å². The zero-order chi connectivity index (χ0) is 23.9. The normalized spacial score (nSPS) is 16.3. The SMILES string of the molecule is Cc1[nH]c2ccccc2c1C=Nc1sc2c(c1C(=O)NCc1ccco1)CC[C@H](C(C)(C)C)C2. The van der Waals surface area contributed by atoms with Gasteiger partial charge in [-0.2, -0.15) is 0 Å². The van der Waals surface area contributed by atoms with Gasteiger partial charge >= 0.3 is 0 Å². The van der Waals surface area contributed by atoms with Crippen molar-refractivity contribution in [3.63, 3.8) is 0 Å². The summed E-state index contributed by atoms with van der Waals surface area (Å²) in [6, 6.07) is 11.9. The summed E-state index contributed by atoms with van der Waals surface area (Å²) in [6.07, 6.45) is 6.55. The number of hydrogen-bond donors (Lipinski definition) is 2. The van der Waals surface area contributed by atoms with Crippen molar-refractivity contribution < 1.29 is 9.21 Å². The number of rotatable bonds is 5. The molecule has 0 saturated heterocycles. The highest BCUT2D eigenvalue weighted by molar-refractivity contribution is 7.16. The Hall–Kier alpha value is -3.12. The minimum atomic E-state index is -0.0779. The Kier molecular flexibility index (Phi) is 5.94. The average Bonchev–Trinajstić information content (AvgIpc) is 3.51. The van der Waals surface area contributed by atoms with Gasteiger partial charge in [-0.1, -0.05) is 39.0 Å². The highest BCUT2D eigenvalue weighted by Gasteiger charge is 2.33. The van der Waals surface area contributed by atoms with E-state index in [1.54, 1.807) is 17.6 Å². The Bertz CT molecular complexity index is 1350. The molecular formula is C28H31N3O2S. The molecule has 4 aromatic rings. The minimum absolute atomic E-state index is 0.0779. The minimum Gasteiger partial charge on any atom is -0.467 e. The van der Waals surface area contributed by atoms with Gasteiger partial charge in [0.25, 0.3) is 5.91 Å². The van der Waals surface area contributed by atoms with Crippen LogP contribution in [-0.4, -0.2) is 17.1 Å². The number of amides is 1. The molecule has 34 heavy (non-hydrogen) atoms. The lowest BCUT2D eigenvalue weighted by Crippen LogP contribution is -2.28. The van der Waals surface area contributed by atoms with Gasteiger partial charge < -0.3 is 14.7 Å². The zero-order valence-corrected chi connectivity index (χ0v) is 21.0. The van der Waals surface area contributed by atoms with Crippen LogP contribution in [0.5, 0.6) is 0 Å². The number of aromatic nitrogens is 1. The molecule has 0 saturated carbocycles. The highest BCUT2D eigenvalue weighted by Crippen LogP contribution is 2.45. The summed E-state index contributed by atoms with van der Waals surface area (Å²) >= 11 is 1.67. The molecule has 1 amide bonds. The van der Waals surface area contributed by atoms with Crippen molar-refractivity contribution in [2.75, 3.05) is 0 Å². The third-order valence-corrected chi connectivity index (χ3v) is 8.12. The predicted molar refractivity (Wildman–Crippen MR) is 139 cm³/mol. The van der Waals surface area contributed by atoms with E-state index in [0.29, 0.717) is 12.5 Å². The number of para-hydroxylation sites is 1. The molecule has 1 atom stereocenters. The van der Waals surface area contributed by atoms with Crippen molar-refractivity contribution in [2.45, 2.75) is 53.5 Å². The van der Waals surface area contributed by atoms with E-state index in [0.717, 1.165) is 57.7 Å². The number of carbonyl (C=O) groups is 1. The lowest BCUT2D eigenvalue weighted by molar-refractivity contribution is 0.0947. The average molecular weight is 474 g/mol. The van der Waals surface area contributed by atoms with Gasteiger partial charge in [0, 0.05) is 33.3 Å². The second-order valence-corrected chi connectivity index (χ2v) is 11.3. The van der Waals surface area contributed by atoms with Crippen LogP contribution in [0.4, 0.5) is 5.00 Å². The van der Waals surface area contributed by atoms with E-state index in [1.165, 1.54) is 10.4 Å². The smallest absolute Gasteiger partial charge is 0.255 e. The number of furan rings is 1. The van der Waals surface area contributed by atoms with Crippen molar-refractivity contribution in [3.05, 3.63) is 75.7 Å². The molecule has 5 rings (SSSR count). The van der Waals surface area contributed by atoms with Crippen molar-refractivity contribution in [1.29, 1.82) is 0 Å². The third-order valence-electron chi connectivity index (χ3n) is 6.96. The Morgan fingerprint density at radius 1 is 1.26 bits per heavy atom. The van der Waals surface area contributed by atoms with Gasteiger partial charge in [-0.15, -0.1) is 11.3 Å². The second-order valence-electron chi connectivity index (χ2n) is 10.2. The van der Waals surface area contributed by atoms with E-state index in [1.807, 2.05) is 30.5 Å². The number of aryl methyl sites for hydroxylation is 1. The first kappa shape index (κ1) is 22.7. The molecule has 0 bridgehead atoms. The number of thiophene rings is 1. The van der Waals surface area contributed by atoms with Crippen LogP contribution >= 0.6 is 11.3 Å². The predicted octanol–water partition coefficient (Wildman–Crippen LogP) is 6.96. The molecule has 2 N–H and O–H groups in total. The molecule has 1 aliphatic carbocycles. The van der Waals surface area contributed by atoms with Gasteiger partial charge in [0.05, 0.1) is 18.4 Å². The van der Waals surface area contributed by atoms with Crippen LogP contribution in [0.1, 0.15) is 65.0 Å². The Balaban J connectivity index is 1.51. The van der Waals surface area contributed by atoms with E-state index in [-0.39, 0.29) is 11.3 Å². The molecule has 0 aliphatic heterocycles. The second kappa shape index (κ2) is 8.91. The fourth-order valence-electron chi connectivity index (χ4n) is 4.89. The van der Waals surface area contributed by atoms with Gasteiger partial charge in [0.15, 0.2) is 0 Å². The summed E-state index contributed by atoms with van der Waals surface area (Å²) in [4.78, 5) is 23.0. The number of carbonyl (C=O) groups excluding carboxylic acids is 1. The van der Waals surface area contributed by atoms with E-state index >= 15 is 0 Å². The fourth-order valence-corrected chi connectivity index (χ4v) is 6.16. The number of nitrogens with one attached hydrogen (secondary N) is 2. The van der Waals surface area contributed by atoms with Crippen LogP contribution in [-0.2, 0) is 19.4 Å². The van der Waals surface area contributed by atoms with Gasteiger partial charge in [-0.3, -0.25) is 4.79 Å². The Morgan fingerprint density at radius 3 is 2.85 bits per heavy atom. The maximum atomic E-state index is 13.4. The number of benzene rings is 1. The first-order valence-electron chi connectivity index (χ1n) is 11.9. The number of aromatic amines is 1. The standard InChI is InChI=1S/C28H31N3O2S/c1-17-22(20-9-5-6-10-23(20)31-17)16-30-27-25(26(32)29-15-19-8-7-13-33-19)21-12-11-18(28(2,3)4)14-24(21)34-27/h5-10,13,16,18,31H,11-12,14-15H2,1-4H3,(H,29,32)/t18-/m0/s1. The first-order chi connectivity index (χ1) is 16.3. The van der Waals surface area contributed by atoms with Gasteiger partial charge in [0.1, 0.15) is 10.8 Å². The molecule has 1 aliphatic rings. The van der Waals surface area contributed by atoms with Crippen molar-refractivity contribution in [2.24, 2.45) is 16.3 Å². The van der Waals surface area contributed by atoms with Crippen molar-refractivity contribution in [1.82, 2.24) is 10.3 Å². The van der Waals surface area contributed by atoms with E-state index in [4.69, 9.17) is 9.41 Å². The van der Waals surface area contributed by atoms with E-state index in [9.17, 15) is 4.79 Å². The summed E-state index contributed by atoms with van der Waals surface area (Å²) < 4.78 is 5.40. The Morgan fingerprint density at radius 2 is 2.09 bits per heavy atom. The lowest BCUT2D eigenvalue weighted by atomic mass is 9.72. The maximum Gasteiger partial charge on any atom is 0.255 e. The molecule has 6 heteroatoms. The zero-order valence-electron chi connectivity index (χ0n) is 20.2. The van der Waals surface area contributed by atoms with Crippen LogP contribution < -0.4 is 5.32 Å². The molecule has 0 radical (unpaired) electrons. The van der Waals surface area contributed by atoms with Gasteiger partial charge in [-0.25, -0.2) is 4.99 Å². The summed E-state index contributed by atoms with van der Waals surface area (Å²) in [7, 11) is 0. The molecule has 3 aromatic heterocycles. The molecule has 176 valence electrons. The largest absolute Gasteiger partial charge is 0.467 e. The van der Waals surface area contributed by atoms with Crippen LogP contribution in [0.15, 0.2) is 52.1 Å². The molecule has 0 fully saturated rings. The molecule has 0 unspecified atom stereocenters. The van der Waals surface area contributed by atoms with Crippen molar-refractivity contribution >= 4 is 39.4 Å². The molecule has 5 nitrogen and oxygen atoms in total. The summed E-state index contributed by atoms with van der Waals surface area (Å²) in [5, 5.41) is 4.98. The van der Waals surface area contributed by atoms with Gasteiger partial charge in [0.2, 0.25) is 0 Å². The summed E-state index contributed by atoms with van der Waals surface area (Å²) in [6.45, 7) is 9.36. The van der Waals surface area contributed by atoms with E-state index in [2.05, 4.69) is 50.1 Å². The number of aliphatic imine (C=N–C) groups is 1. The topological polar surface area (TPSA) is 70.4 Å².